The second-order valence-electron chi connectivity index (χ2n) is 3.35. The van der Waals surface area contributed by atoms with Gasteiger partial charge in [-0.2, -0.15) is 5.10 Å². The van der Waals surface area contributed by atoms with Gasteiger partial charge in [0.2, 0.25) is 5.82 Å². The van der Waals surface area contributed by atoms with Gasteiger partial charge in [0.05, 0.1) is 11.6 Å². The first kappa shape index (κ1) is 12.9. The Hall–Kier alpha value is -1.59. The van der Waals surface area contributed by atoms with Crippen LogP contribution in [0.15, 0.2) is 18.2 Å². The topological polar surface area (TPSA) is 67.9 Å². The molecule has 1 aromatic heterocycles. The van der Waals surface area contributed by atoms with Crippen LogP contribution < -0.4 is 0 Å². The molecule has 0 saturated heterocycles. The highest BCUT2D eigenvalue weighted by molar-refractivity contribution is 6.36. The van der Waals surface area contributed by atoms with Gasteiger partial charge in [0, 0.05) is 10.6 Å². The van der Waals surface area contributed by atoms with Crippen molar-refractivity contribution in [2.45, 2.75) is 6.92 Å². The van der Waals surface area contributed by atoms with Crippen molar-refractivity contribution in [2.75, 3.05) is 6.61 Å². The molecular weight excluding hydrogens is 277 g/mol. The Morgan fingerprint density at radius 2 is 2.22 bits per heavy atom. The molecule has 5 nitrogen and oxygen atoms in total. The average Bonchev–Trinajstić information content (AvgIpc) is 2.78. The maximum atomic E-state index is 11.4. The molecule has 0 amide bonds. The Morgan fingerprint density at radius 3 is 2.89 bits per heavy atom. The number of nitrogens with one attached hydrogen (secondary N) is 1. The van der Waals surface area contributed by atoms with Gasteiger partial charge in [0.15, 0.2) is 5.82 Å². The van der Waals surface area contributed by atoms with E-state index >= 15 is 0 Å². The van der Waals surface area contributed by atoms with Crippen molar-refractivity contribution in [3.05, 3.63) is 34.1 Å². The standard InChI is InChI=1S/C11H9Cl2N3O2/c1-2-18-11(17)10-14-9(15-16-10)7-4-3-6(12)5-8(7)13/h3-5H,2H2,1H3,(H,14,15,16). The summed E-state index contributed by atoms with van der Waals surface area (Å²) in [7, 11) is 0. The summed E-state index contributed by atoms with van der Waals surface area (Å²) >= 11 is 11.8. The monoisotopic (exact) mass is 285 g/mol. The molecule has 0 aliphatic carbocycles. The van der Waals surface area contributed by atoms with E-state index in [1.807, 2.05) is 0 Å². The van der Waals surface area contributed by atoms with Crippen LogP contribution in [0.1, 0.15) is 17.5 Å². The molecule has 1 aromatic carbocycles. The minimum Gasteiger partial charge on any atom is -0.460 e. The summed E-state index contributed by atoms with van der Waals surface area (Å²) < 4.78 is 4.80. The van der Waals surface area contributed by atoms with Gasteiger partial charge in [0.1, 0.15) is 0 Å². The minimum atomic E-state index is -0.554. The zero-order chi connectivity index (χ0) is 13.1. The fraction of sp³-hybridized carbons (Fsp3) is 0.182. The molecule has 94 valence electrons. The van der Waals surface area contributed by atoms with Crippen LogP contribution in [-0.2, 0) is 4.74 Å². The summed E-state index contributed by atoms with van der Waals surface area (Å²) in [6.45, 7) is 1.99. The molecule has 0 radical (unpaired) electrons. The normalized spacial score (nSPS) is 10.4. The van der Waals surface area contributed by atoms with Crippen LogP contribution in [0.3, 0.4) is 0 Å². The number of carbonyl (C=O) groups excluding carboxylic acids is 1. The van der Waals surface area contributed by atoms with E-state index in [0.717, 1.165) is 0 Å². The molecular formula is C11H9Cl2N3O2. The van der Waals surface area contributed by atoms with Crippen molar-refractivity contribution in [3.63, 3.8) is 0 Å². The zero-order valence-corrected chi connectivity index (χ0v) is 10.9. The van der Waals surface area contributed by atoms with Crippen LogP contribution in [0.5, 0.6) is 0 Å². The number of nitrogens with zero attached hydrogens (tertiary/aromatic N) is 2. The van der Waals surface area contributed by atoms with Crippen molar-refractivity contribution in [2.24, 2.45) is 0 Å². The van der Waals surface area contributed by atoms with Crippen molar-refractivity contribution in [1.29, 1.82) is 0 Å². The Kier molecular flexibility index (Phi) is 3.84. The Balaban J connectivity index is 2.32. The van der Waals surface area contributed by atoms with Gasteiger partial charge in [-0.05, 0) is 25.1 Å². The third kappa shape index (κ3) is 2.63. The number of hydrogen-bond donors (Lipinski definition) is 1. The lowest BCUT2D eigenvalue weighted by molar-refractivity contribution is 0.0512. The minimum absolute atomic E-state index is 0.0397. The van der Waals surface area contributed by atoms with Crippen LogP contribution in [-0.4, -0.2) is 27.8 Å². The van der Waals surface area contributed by atoms with E-state index in [9.17, 15) is 4.79 Å². The van der Waals surface area contributed by atoms with Crippen molar-refractivity contribution < 1.29 is 9.53 Å². The summed E-state index contributed by atoms with van der Waals surface area (Å²) in [6, 6.07) is 4.94. The molecule has 0 atom stereocenters. The average molecular weight is 286 g/mol. The molecule has 0 aliphatic heterocycles. The molecule has 1 N–H and O–H groups in total. The second kappa shape index (κ2) is 5.37. The number of aromatic amines is 1. The number of hydrogen-bond acceptors (Lipinski definition) is 4. The highest BCUT2D eigenvalue weighted by Crippen LogP contribution is 2.27. The number of carbonyl (C=O) groups is 1. The first-order valence-electron chi connectivity index (χ1n) is 5.16. The Labute approximate surface area is 113 Å². The lowest BCUT2D eigenvalue weighted by atomic mass is 10.2. The number of aromatic nitrogens is 3. The highest BCUT2D eigenvalue weighted by Gasteiger charge is 2.15. The first-order valence-corrected chi connectivity index (χ1v) is 5.92. The fourth-order valence-electron chi connectivity index (χ4n) is 1.34. The predicted molar refractivity (Wildman–Crippen MR) is 67.8 cm³/mol. The quantitative estimate of drug-likeness (QED) is 0.881. The number of halogens is 2. The third-order valence-electron chi connectivity index (χ3n) is 2.13. The molecule has 18 heavy (non-hydrogen) atoms. The first-order chi connectivity index (χ1) is 8.61. The number of rotatable bonds is 3. The maximum Gasteiger partial charge on any atom is 0.375 e. The summed E-state index contributed by atoms with van der Waals surface area (Å²) in [6.07, 6.45) is 0. The predicted octanol–water partition coefficient (Wildman–Crippen LogP) is 2.96. The summed E-state index contributed by atoms with van der Waals surface area (Å²) in [5.41, 5.74) is 0.591. The molecule has 0 fully saturated rings. The summed E-state index contributed by atoms with van der Waals surface area (Å²) in [5.74, 6) is -0.195. The lowest BCUT2D eigenvalue weighted by Gasteiger charge is -1.99. The van der Waals surface area contributed by atoms with E-state index in [-0.39, 0.29) is 12.4 Å². The molecule has 0 spiro atoms. The summed E-state index contributed by atoms with van der Waals surface area (Å²) in [5, 5.41) is 7.35. The van der Waals surface area contributed by atoms with Crippen LogP contribution in [0.4, 0.5) is 0 Å². The van der Waals surface area contributed by atoms with E-state index in [2.05, 4.69) is 15.2 Å². The third-order valence-corrected chi connectivity index (χ3v) is 2.67. The van der Waals surface area contributed by atoms with E-state index in [4.69, 9.17) is 27.9 Å². The molecule has 0 unspecified atom stereocenters. The SMILES string of the molecule is CCOC(=O)c1nc(-c2ccc(Cl)cc2Cl)n[nH]1. The van der Waals surface area contributed by atoms with E-state index in [1.54, 1.807) is 25.1 Å². The maximum absolute atomic E-state index is 11.4. The summed E-state index contributed by atoms with van der Waals surface area (Å²) in [4.78, 5) is 15.4. The lowest BCUT2D eigenvalue weighted by Crippen LogP contribution is -2.06. The Morgan fingerprint density at radius 1 is 1.44 bits per heavy atom. The van der Waals surface area contributed by atoms with E-state index in [1.165, 1.54) is 0 Å². The fourth-order valence-corrected chi connectivity index (χ4v) is 1.84. The van der Waals surface area contributed by atoms with Gasteiger partial charge in [-0.15, -0.1) is 0 Å². The zero-order valence-electron chi connectivity index (χ0n) is 9.41. The number of benzene rings is 1. The number of esters is 1. The molecule has 0 aliphatic rings. The molecule has 2 rings (SSSR count). The molecule has 0 saturated carbocycles. The van der Waals surface area contributed by atoms with Gasteiger partial charge in [-0.25, -0.2) is 9.78 Å². The highest BCUT2D eigenvalue weighted by atomic mass is 35.5. The van der Waals surface area contributed by atoms with E-state index < -0.39 is 5.97 Å². The van der Waals surface area contributed by atoms with Gasteiger partial charge in [-0.3, -0.25) is 5.10 Å². The molecule has 2 aromatic rings. The van der Waals surface area contributed by atoms with Crippen LogP contribution >= 0.6 is 23.2 Å². The van der Waals surface area contributed by atoms with Crippen LogP contribution in [0, 0.1) is 0 Å². The van der Waals surface area contributed by atoms with Crippen molar-refractivity contribution in [3.8, 4) is 11.4 Å². The van der Waals surface area contributed by atoms with Gasteiger partial charge < -0.3 is 4.74 Å². The van der Waals surface area contributed by atoms with Gasteiger partial charge in [-0.1, -0.05) is 23.2 Å². The molecule has 1 heterocycles. The van der Waals surface area contributed by atoms with E-state index in [0.29, 0.717) is 21.4 Å². The van der Waals surface area contributed by atoms with Gasteiger partial charge in [0.25, 0.3) is 0 Å². The van der Waals surface area contributed by atoms with Crippen molar-refractivity contribution >= 4 is 29.2 Å². The number of H-pyrrole nitrogens is 1. The number of ether oxygens (including phenoxy) is 1. The molecule has 0 bridgehead atoms. The van der Waals surface area contributed by atoms with Crippen molar-refractivity contribution in [1.82, 2.24) is 15.2 Å². The van der Waals surface area contributed by atoms with Gasteiger partial charge >= 0.3 is 5.97 Å². The second-order valence-corrected chi connectivity index (χ2v) is 4.20. The molecule has 7 heteroatoms. The largest absolute Gasteiger partial charge is 0.460 e. The smallest absolute Gasteiger partial charge is 0.375 e. The Bertz CT molecular complexity index is 583. The van der Waals surface area contributed by atoms with Crippen LogP contribution in [0.2, 0.25) is 10.0 Å². The van der Waals surface area contributed by atoms with Crippen LogP contribution in [0.25, 0.3) is 11.4 Å².